The summed E-state index contributed by atoms with van der Waals surface area (Å²) >= 11 is 6.19. The number of rotatable bonds is 9. The molecule has 6 heteroatoms. The molecule has 0 bridgehead atoms. The SMILES string of the molecule is CCOc1cc(/C=N\NC(=O)Cc2ccccc2)ccc1OCc1ccccc1Cl. The van der Waals surface area contributed by atoms with Crippen LogP contribution in [-0.4, -0.2) is 18.7 Å². The van der Waals surface area contributed by atoms with Crippen molar-refractivity contribution in [2.75, 3.05) is 6.61 Å². The molecule has 0 spiro atoms. The fourth-order valence-corrected chi connectivity index (χ4v) is 2.95. The molecule has 1 N–H and O–H groups in total. The van der Waals surface area contributed by atoms with Crippen molar-refractivity contribution in [1.82, 2.24) is 5.43 Å². The molecule has 0 unspecified atom stereocenters. The van der Waals surface area contributed by atoms with E-state index in [0.717, 1.165) is 16.7 Å². The zero-order valence-corrected chi connectivity index (χ0v) is 17.4. The van der Waals surface area contributed by atoms with Gasteiger partial charge in [0.2, 0.25) is 5.91 Å². The van der Waals surface area contributed by atoms with Crippen LogP contribution in [0.15, 0.2) is 77.9 Å². The Hall–Kier alpha value is -3.31. The van der Waals surface area contributed by atoms with Crippen LogP contribution >= 0.6 is 11.6 Å². The van der Waals surface area contributed by atoms with Crippen LogP contribution in [0.3, 0.4) is 0 Å². The predicted octanol–water partition coefficient (Wildman–Crippen LogP) is 5.01. The summed E-state index contributed by atoms with van der Waals surface area (Å²) in [7, 11) is 0. The van der Waals surface area contributed by atoms with E-state index in [0.29, 0.717) is 29.7 Å². The summed E-state index contributed by atoms with van der Waals surface area (Å²) in [4.78, 5) is 12.0. The molecule has 3 aromatic rings. The Balaban J connectivity index is 1.61. The van der Waals surface area contributed by atoms with E-state index in [1.165, 1.54) is 0 Å². The van der Waals surface area contributed by atoms with Crippen molar-refractivity contribution >= 4 is 23.7 Å². The number of carbonyl (C=O) groups excluding carboxylic acids is 1. The first-order valence-corrected chi connectivity index (χ1v) is 10.0. The third kappa shape index (κ3) is 6.36. The molecule has 3 rings (SSSR count). The Bertz CT molecular complexity index is 1010. The van der Waals surface area contributed by atoms with Gasteiger partial charge in [0.15, 0.2) is 11.5 Å². The maximum absolute atomic E-state index is 12.0. The summed E-state index contributed by atoms with van der Waals surface area (Å²) in [5.74, 6) is 1.04. The van der Waals surface area contributed by atoms with Crippen LogP contribution in [0.1, 0.15) is 23.6 Å². The van der Waals surface area contributed by atoms with Gasteiger partial charge in [0, 0.05) is 10.6 Å². The number of hydrogen-bond acceptors (Lipinski definition) is 4. The molecule has 0 radical (unpaired) electrons. The molecule has 0 saturated heterocycles. The maximum atomic E-state index is 12.0. The third-order valence-corrected chi connectivity index (χ3v) is 4.59. The minimum atomic E-state index is -0.179. The van der Waals surface area contributed by atoms with Crippen molar-refractivity contribution in [1.29, 1.82) is 0 Å². The number of hydrogen-bond donors (Lipinski definition) is 1. The van der Waals surface area contributed by atoms with Crippen LogP contribution in [0.25, 0.3) is 0 Å². The largest absolute Gasteiger partial charge is 0.490 e. The van der Waals surface area contributed by atoms with Crippen molar-refractivity contribution in [3.8, 4) is 11.5 Å². The standard InChI is InChI=1S/C24H23ClN2O3/c1-2-29-23-14-19(16-26-27-24(28)15-18-8-4-3-5-9-18)12-13-22(23)30-17-20-10-6-7-11-21(20)25/h3-14,16H,2,15,17H2,1H3,(H,27,28)/b26-16-. The second-order valence-electron chi connectivity index (χ2n) is 6.47. The van der Waals surface area contributed by atoms with E-state index < -0.39 is 0 Å². The van der Waals surface area contributed by atoms with Gasteiger partial charge in [0.05, 0.1) is 19.2 Å². The van der Waals surface area contributed by atoms with Gasteiger partial charge in [0.25, 0.3) is 0 Å². The molecule has 0 aliphatic rings. The van der Waals surface area contributed by atoms with Gasteiger partial charge in [0.1, 0.15) is 6.61 Å². The molecular formula is C24H23ClN2O3. The minimum Gasteiger partial charge on any atom is -0.490 e. The Kier molecular flexibility index (Phi) is 7.86. The van der Waals surface area contributed by atoms with Gasteiger partial charge in [-0.25, -0.2) is 5.43 Å². The molecule has 0 atom stereocenters. The second kappa shape index (κ2) is 11.0. The Morgan fingerprint density at radius 1 is 1.00 bits per heavy atom. The fraction of sp³-hybridized carbons (Fsp3) is 0.167. The summed E-state index contributed by atoms with van der Waals surface area (Å²) in [5.41, 5.74) is 5.15. The molecule has 154 valence electrons. The third-order valence-electron chi connectivity index (χ3n) is 4.22. The predicted molar refractivity (Wildman–Crippen MR) is 119 cm³/mol. The van der Waals surface area contributed by atoms with E-state index in [4.69, 9.17) is 21.1 Å². The molecule has 0 saturated carbocycles. The van der Waals surface area contributed by atoms with Gasteiger partial charge in [-0.1, -0.05) is 60.1 Å². The average Bonchev–Trinajstić information content (AvgIpc) is 2.75. The van der Waals surface area contributed by atoms with E-state index in [-0.39, 0.29) is 12.3 Å². The van der Waals surface area contributed by atoms with Crippen molar-refractivity contribution in [3.63, 3.8) is 0 Å². The second-order valence-corrected chi connectivity index (χ2v) is 6.88. The zero-order valence-electron chi connectivity index (χ0n) is 16.7. The lowest BCUT2D eigenvalue weighted by Crippen LogP contribution is -2.19. The van der Waals surface area contributed by atoms with Crippen LogP contribution in [0.5, 0.6) is 11.5 Å². The van der Waals surface area contributed by atoms with Gasteiger partial charge in [-0.05, 0) is 42.3 Å². The number of carbonyl (C=O) groups is 1. The molecule has 0 heterocycles. The molecule has 0 aliphatic heterocycles. The topological polar surface area (TPSA) is 59.9 Å². The Morgan fingerprint density at radius 3 is 2.53 bits per heavy atom. The maximum Gasteiger partial charge on any atom is 0.244 e. The summed E-state index contributed by atoms with van der Waals surface area (Å²) in [6.07, 6.45) is 1.85. The Labute approximate surface area is 181 Å². The van der Waals surface area contributed by atoms with Crippen LogP contribution in [0, 0.1) is 0 Å². The number of benzene rings is 3. The van der Waals surface area contributed by atoms with Gasteiger partial charge in [-0.15, -0.1) is 0 Å². The number of ether oxygens (including phenoxy) is 2. The number of amides is 1. The highest BCUT2D eigenvalue weighted by Gasteiger charge is 2.08. The summed E-state index contributed by atoms with van der Waals surface area (Å²) in [5, 5.41) is 4.69. The van der Waals surface area contributed by atoms with Gasteiger partial charge in [-0.2, -0.15) is 5.10 Å². The molecule has 3 aromatic carbocycles. The normalized spacial score (nSPS) is 10.7. The van der Waals surface area contributed by atoms with E-state index >= 15 is 0 Å². The molecule has 1 amide bonds. The summed E-state index contributed by atoms with van der Waals surface area (Å²) in [6, 6.07) is 22.5. The number of hydrazone groups is 1. The molecule has 5 nitrogen and oxygen atoms in total. The minimum absolute atomic E-state index is 0.179. The van der Waals surface area contributed by atoms with E-state index in [2.05, 4.69) is 10.5 Å². The van der Waals surface area contributed by atoms with Crippen LogP contribution in [0.4, 0.5) is 0 Å². The van der Waals surface area contributed by atoms with Gasteiger partial charge >= 0.3 is 0 Å². The molecular weight excluding hydrogens is 400 g/mol. The molecule has 0 aliphatic carbocycles. The van der Waals surface area contributed by atoms with Gasteiger partial charge in [-0.3, -0.25) is 4.79 Å². The van der Waals surface area contributed by atoms with Crippen molar-refractivity contribution < 1.29 is 14.3 Å². The van der Waals surface area contributed by atoms with Crippen molar-refractivity contribution in [2.24, 2.45) is 5.10 Å². The van der Waals surface area contributed by atoms with Crippen molar-refractivity contribution in [3.05, 3.63) is 94.5 Å². The van der Waals surface area contributed by atoms with Crippen LogP contribution in [-0.2, 0) is 17.8 Å². The highest BCUT2D eigenvalue weighted by Crippen LogP contribution is 2.29. The van der Waals surface area contributed by atoms with E-state index in [1.807, 2.05) is 79.7 Å². The molecule has 30 heavy (non-hydrogen) atoms. The van der Waals surface area contributed by atoms with Crippen molar-refractivity contribution in [2.45, 2.75) is 20.0 Å². The number of nitrogens with one attached hydrogen (secondary N) is 1. The monoisotopic (exact) mass is 422 g/mol. The molecule has 0 aromatic heterocycles. The highest BCUT2D eigenvalue weighted by atomic mass is 35.5. The quantitative estimate of drug-likeness (QED) is 0.389. The number of nitrogens with zero attached hydrogens (tertiary/aromatic N) is 1. The Morgan fingerprint density at radius 2 is 1.77 bits per heavy atom. The van der Waals surface area contributed by atoms with E-state index in [9.17, 15) is 4.79 Å². The smallest absolute Gasteiger partial charge is 0.244 e. The highest BCUT2D eigenvalue weighted by molar-refractivity contribution is 6.31. The van der Waals surface area contributed by atoms with E-state index in [1.54, 1.807) is 6.21 Å². The van der Waals surface area contributed by atoms with Crippen LogP contribution in [0.2, 0.25) is 5.02 Å². The number of halogens is 1. The summed E-state index contributed by atoms with van der Waals surface area (Å²) < 4.78 is 11.6. The van der Waals surface area contributed by atoms with Crippen LogP contribution < -0.4 is 14.9 Å². The summed E-state index contributed by atoms with van der Waals surface area (Å²) in [6.45, 7) is 2.74. The lowest BCUT2D eigenvalue weighted by atomic mass is 10.1. The zero-order chi connectivity index (χ0) is 21.2. The lowest BCUT2D eigenvalue weighted by Gasteiger charge is -2.13. The lowest BCUT2D eigenvalue weighted by molar-refractivity contribution is -0.120. The average molecular weight is 423 g/mol. The first-order valence-electron chi connectivity index (χ1n) is 9.64. The first kappa shape index (κ1) is 21.4. The molecule has 0 fully saturated rings. The van der Waals surface area contributed by atoms with Gasteiger partial charge < -0.3 is 9.47 Å². The fourth-order valence-electron chi connectivity index (χ4n) is 2.76. The first-order chi connectivity index (χ1) is 14.7.